The molecule has 2 N–H and O–H groups in total. The molecule has 19 heavy (non-hydrogen) atoms. The predicted molar refractivity (Wildman–Crippen MR) is 80.5 cm³/mol. The second-order valence-electron chi connectivity index (χ2n) is 3.92. The molecule has 2 aromatic rings. The third kappa shape index (κ3) is 3.79. The van der Waals surface area contributed by atoms with Gasteiger partial charge in [0.05, 0.1) is 0 Å². The average molecular weight is 320 g/mol. The van der Waals surface area contributed by atoms with Gasteiger partial charge < -0.3 is 10.6 Å². The van der Waals surface area contributed by atoms with E-state index in [4.69, 9.17) is 0 Å². The van der Waals surface area contributed by atoms with Gasteiger partial charge >= 0.3 is 0 Å². The fourth-order valence-corrected chi connectivity index (χ4v) is 1.86. The van der Waals surface area contributed by atoms with E-state index >= 15 is 0 Å². The minimum Gasteiger partial charge on any atom is -0.385 e. The van der Waals surface area contributed by atoms with E-state index in [1.54, 1.807) is 12.3 Å². The molecule has 1 heterocycles. The van der Waals surface area contributed by atoms with Crippen molar-refractivity contribution < 1.29 is 4.79 Å². The fraction of sp³-hybridized carbons (Fsp3) is 0.143. The Hall–Kier alpha value is -1.88. The minimum atomic E-state index is -0.220. The van der Waals surface area contributed by atoms with Crippen LogP contribution in [0.2, 0.25) is 0 Å². The minimum absolute atomic E-state index is 0.220. The predicted octanol–water partition coefficient (Wildman–Crippen LogP) is 3.53. The summed E-state index contributed by atoms with van der Waals surface area (Å²) >= 11 is 3.35. The lowest BCUT2D eigenvalue weighted by Crippen LogP contribution is -2.14. The molecule has 1 aromatic heterocycles. The van der Waals surface area contributed by atoms with Gasteiger partial charge in [-0.15, -0.1) is 0 Å². The van der Waals surface area contributed by atoms with Gasteiger partial charge in [-0.25, -0.2) is 0 Å². The van der Waals surface area contributed by atoms with Gasteiger partial charge in [0.15, 0.2) is 0 Å². The molecule has 1 amide bonds. The maximum atomic E-state index is 12.0. The Morgan fingerprint density at radius 3 is 2.63 bits per heavy atom. The summed E-state index contributed by atoms with van der Waals surface area (Å²) in [5.74, 6) is -0.220. The van der Waals surface area contributed by atoms with Crippen LogP contribution in [0.4, 0.5) is 11.4 Å². The number of rotatable bonds is 4. The van der Waals surface area contributed by atoms with Crippen LogP contribution >= 0.6 is 15.9 Å². The molecule has 0 aliphatic rings. The first-order valence-corrected chi connectivity index (χ1v) is 6.75. The van der Waals surface area contributed by atoms with E-state index in [9.17, 15) is 4.79 Å². The zero-order valence-electron chi connectivity index (χ0n) is 10.5. The summed E-state index contributed by atoms with van der Waals surface area (Å²) in [6.07, 6.45) is 1.62. The Kier molecular flexibility index (Phi) is 4.52. The number of carbonyl (C=O) groups is 1. The third-order valence-electron chi connectivity index (χ3n) is 2.48. The monoisotopic (exact) mass is 319 g/mol. The number of nitrogens with zero attached hydrogens (tertiary/aromatic N) is 1. The van der Waals surface area contributed by atoms with E-state index in [-0.39, 0.29) is 5.91 Å². The molecule has 0 aliphatic carbocycles. The van der Waals surface area contributed by atoms with Crippen molar-refractivity contribution in [3.8, 4) is 0 Å². The van der Waals surface area contributed by atoms with Crippen LogP contribution in [0.15, 0.2) is 47.1 Å². The SMILES string of the molecule is CCNc1ccnc(C(=O)Nc2ccc(Br)cc2)c1. The molecule has 5 heteroatoms. The largest absolute Gasteiger partial charge is 0.385 e. The lowest BCUT2D eigenvalue weighted by molar-refractivity contribution is 0.102. The van der Waals surface area contributed by atoms with E-state index in [1.165, 1.54) is 0 Å². The number of carbonyl (C=O) groups excluding carboxylic acids is 1. The molecule has 0 saturated heterocycles. The molecule has 0 saturated carbocycles. The average Bonchev–Trinajstić information content (AvgIpc) is 2.42. The second kappa shape index (κ2) is 6.33. The Bertz CT molecular complexity index is 569. The van der Waals surface area contributed by atoms with E-state index in [1.807, 2.05) is 37.3 Å². The molecule has 98 valence electrons. The number of benzene rings is 1. The van der Waals surface area contributed by atoms with Gasteiger partial charge in [-0.1, -0.05) is 15.9 Å². The first-order valence-electron chi connectivity index (χ1n) is 5.96. The molecule has 4 nitrogen and oxygen atoms in total. The molecule has 1 aromatic carbocycles. The lowest BCUT2D eigenvalue weighted by Gasteiger charge is -2.07. The van der Waals surface area contributed by atoms with Crippen LogP contribution < -0.4 is 10.6 Å². The number of anilines is 2. The van der Waals surface area contributed by atoms with Crippen LogP contribution in [0, 0.1) is 0 Å². The second-order valence-corrected chi connectivity index (χ2v) is 4.84. The molecule has 0 bridgehead atoms. The van der Waals surface area contributed by atoms with Gasteiger partial charge in [0.1, 0.15) is 5.69 Å². The molecule has 0 aliphatic heterocycles. The van der Waals surface area contributed by atoms with Crippen molar-refractivity contribution in [3.05, 3.63) is 52.8 Å². The Morgan fingerprint density at radius 1 is 1.21 bits per heavy atom. The summed E-state index contributed by atoms with van der Waals surface area (Å²) in [6, 6.07) is 11.0. The van der Waals surface area contributed by atoms with Gasteiger partial charge in [-0.2, -0.15) is 0 Å². The van der Waals surface area contributed by atoms with Crippen molar-refractivity contribution in [2.45, 2.75) is 6.92 Å². The highest BCUT2D eigenvalue weighted by molar-refractivity contribution is 9.10. The van der Waals surface area contributed by atoms with Gasteiger partial charge in [0, 0.05) is 28.6 Å². The van der Waals surface area contributed by atoms with Crippen molar-refractivity contribution in [1.29, 1.82) is 0 Å². The number of halogens is 1. The topological polar surface area (TPSA) is 54.0 Å². The molecule has 0 fully saturated rings. The van der Waals surface area contributed by atoms with Gasteiger partial charge in [-0.3, -0.25) is 9.78 Å². The number of aromatic nitrogens is 1. The van der Waals surface area contributed by atoms with Crippen LogP contribution in [0.1, 0.15) is 17.4 Å². The molecule has 0 atom stereocenters. The quantitative estimate of drug-likeness (QED) is 0.906. The van der Waals surface area contributed by atoms with Crippen LogP contribution in [0.25, 0.3) is 0 Å². The Labute approximate surface area is 120 Å². The van der Waals surface area contributed by atoms with Crippen molar-refractivity contribution in [2.24, 2.45) is 0 Å². The molecular formula is C14H14BrN3O. The van der Waals surface area contributed by atoms with Crippen molar-refractivity contribution >= 4 is 33.2 Å². The number of pyridine rings is 1. The number of amides is 1. The summed E-state index contributed by atoms with van der Waals surface area (Å²) in [5.41, 5.74) is 2.02. The summed E-state index contributed by atoms with van der Waals surface area (Å²) in [7, 11) is 0. The highest BCUT2D eigenvalue weighted by Gasteiger charge is 2.08. The van der Waals surface area contributed by atoms with Crippen LogP contribution in [-0.2, 0) is 0 Å². The van der Waals surface area contributed by atoms with Crippen LogP contribution in [-0.4, -0.2) is 17.4 Å². The smallest absolute Gasteiger partial charge is 0.274 e. The maximum Gasteiger partial charge on any atom is 0.274 e. The first-order chi connectivity index (χ1) is 9.19. The van der Waals surface area contributed by atoms with Gasteiger partial charge in [0.2, 0.25) is 0 Å². The Morgan fingerprint density at radius 2 is 1.95 bits per heavy atom. The maximum absolute atomic E-state index is 12.0. The van der Waals surface area contributed by atoms with E-state index in [0.717, 1.165) is 22.4 Å². The van der Waals surface area contributed by atoms with Crippen molar-refractivity contribution in [1.82, 2.24) is 4.98 Å². The van der Waals surface area contributed by atoms with E-state index < -0.39 is 0 Å². The number of hydrogen-bond acceptors (Lipinski definition) is 3. The fourth-order valence-electron chi connectivity index (χ4n) is 1.60. The van der Waals surface area contributed by atoms with E-state index in [0.29, 0.717) is 5.69 Å². The summed E-state index contributed by atoms with van der Waals surface area (Å²) in [4.78, 5) is 16.1. The molecule has 0 radical (unpaired) electrons. The lowest BCUT2D eigenvalue weighted by atomic mass is 10.2. The highest BCUT2D eigenvalue weighted by Crippen LogP contribution is 2.15. The first kappa shape index (κ1) is 13.5. The standard InChI is InChI=1S/C14H14BrN3O/c1-2-16-12-7-8-17-13(9-12)14(19)18-11-5-3-10(15)4-6-11/h3-9H,2H2,1H3,(H,16,17)(H,18,19). The molecular weight excluding hydrogens is 306 g/mol. The van der Waals surface area contributed by atoms with Gasteiger partial charge in [0.25, 0.3) is 5.91 Å². The van der Waals surface area contributed by atoms with Crippen molar-refractivity contribution in [3.63, 3.8) is 0 Å². The third-order valence-corrected chi connectivity index (χ3v) is 3.00. The van der Waals surface area contributed by atoms with Crippen molar-refractivity contribution in [2.75, 3.05) is 17.2 Å². The molecule has 0 spiro atoms. The molecule has 2 rings (SSSR count). The summed E-state index contributed by atoms with van der Waals surface area (Å²) in [5, 5.41) is 5.95. The van der Waals surface area contributed by atoms with Gasteiger partial charge in [-0.05, 0) is 43.3 Å². The molecule has 0 unspecified atom stereocenters. The highest BCUT2D eigenvalue weighted by atomic mass is 79.9. The Balaban J connectivity index is 2.11. The normalized spacial score (nSPS) is 10.0. The summed E-state index contributed by atoms with van der Waals surface area (Å²) in [6.45, 7) is 2.81. The zero-order valence-corrected chi connectivity index (χ0v) is 12.1. The van der Waals surface area contributed by atoms with Crippen LogP contribution in [0.5, 0.6) is 0 Å². The number of hydrogen-bond donors (Lipinski definition) is 2. The zero-order chi connectivity index (χ0) is 13.7. The van der Waals surface area contributed by atoms with Crippen LogP contribution in [0.3, 0.4) is 0 Å². The number of nitrogens with one attached hydrogen (secondary N) is 2. The van der Waals surface area contributed by atoms with E-state index in [2.05, 4.69) is 31.5 Å². The summed E-state index contributed by atoms with van der Waals surface area (Å²) < 4.78 is 0.970.